The minimum Gasteiger partial charge on any atom is -0.396 e. The Morgan fingerprint density at radius 3 is 2.25 bits per heavy atom. The lowest BCUT2D eigenvalue weighted by Gasteiger charge is -2.12. The van der Waals surface area contributed by atoms with Gasteiger partial charge >= 0.3 is 0 Å². The average molecular weight is 170 g/mol. The number of aliphatic hydroxyl groups is 2. The SMILES string of the molecule is CC(C)(O)C/C=C/C=C/CCO. The highest BCUT2D eigenvalue weighted by Gasteiger charge is 2.07. The molecule has 0 aliphatic carbocycles. The molecular formula is C10H18O2. The molecule has 0 spiro atoms. The van der Waals surface area contributed by atoms with Gasteiger partial charge in [0.15, 0.2) is 0 Å². The number of hydrogen-bond donors (Lipinski definition) is 2. The highest BCUT2D eigenvalue weighted by Crippen LogP contribution is 2.07. The van der Waals surface area contributed by atoms with E-state index >= 15 is 0 Å². The molecule has 0 aromatic carbocycles. The van der Waals surface area contributed by atoms with Crippen molar-refractivity contribution in [2.24, 2.45) is 0 Å². The van der Waals surface area contributed by atoms with E-state index in [9.17, 15) is 5.11 Å². The summed E-state index contributed by atoms with van der Waals surface area (Å²) in [6.45, 7) is 3.74. The molecule has 0 fully saturated rings. The summed E-state index contributed by atoms with van der Waals surface area (Å²) in [7, 11) is 0. The quantitative estimate of drug-likeness (QED) is 0.616. The van der Waals surface area contributed by atoms with Gasteiger partial charge in [-0.05, 0) is 26.7 Å². The highest BCUT2D eigenvalue weighted by atomic mass is 16.3. The molecule has 0 aliphatic heterocycles. The molecule has 0 aromatic rings. The molecule has 2 N–H and O–H groups in total. The van der Waals surface area contributed by atoms with Crippen molar-refractivity contribution in [3.8, 4) is 0 Å². The molecule has 0 saturated heterocycles. The maximum atomic E-state index is 9.31. The molecule has 0 bridgehead atoms. The lowest BCUT2D eigenvalue weighted by atomic mass is 10.1. The minimum absolute atomic E-state index is 0.190. The van der Waals surface area contributed by atoms with Gasteiger partial charge in [-0.2, -0.15) is 0 Å². The van der Waals surface area contributed by atoms with Gasteiger partial charge in [0.05, 0.1) is 5.60 Å². The molecule has 0 aliphatic rings. The Morgan fingerprint density at radius 2 is 1.75 bits per heavy atom. The lowest BCUT2D eigenvalue weighted by molar-refractivity contribution is 0.0839. The van der Waals surface area contributed by atoms with Gasteiger partial charge < -0.3 is 10.2 Å². The second kappa shape index (κ2) is 5.98. The molecule has 0 aromatic heterocycles. The van der Waals surface area contributed by atoms with Crippen molar-refractivity contribution in [3.05, 3.63) is 24.3 Å². The second-order valence-electron chi connectivity index (χ2n) is 3.39. The Labute approximate surface area is 74.2 Å². The summed E-state index contributed by atoms with van der Waals surface area (Å²) in [4.78, 5) is 0. The molecule has 2 heteroatoms. The molecule has 0 unspecified atom stereocenters. The van der Waals surface area contributed by atoms with Crippen LogP contribution in [-0.4, -0.2) is 22.4 Å². The van der Waals surface area contributed by atoms with Crippen molar-refractivity contribution in [2.75, 3.05) is 6.61 Å². The molecule has 0 rings (SSSR count). The molecule has 12 heavy (non-hydrogen) atoms. The van der Waals surface area contributed by atoms with Crippen LogP contribution in [0.25, 0.3) is 0 Å². The fourth-order valence-corrected chi connectivity index (χ4v) is 0.684. The largest absolute Gasteiger partial charge is 0.396 e. The van der Waals surface area contributed by atoms with Crippen LogP contribution >= 0.6 is 0 Å². The third-order valence-electron chi connectivity index (χ3n) is 1.30. The molecule has 0 saturated carbocycles. The first-order valence-electron chi connectivity index (χ1n) is 4.21. The number of allylic oxidation sites excluding steroid dienone is 2. The predicted octanol–water partition coefficient (Wildman–Crippen LogP) is 1.64. The monoisotopic (exact) mass is 170 g/mol. The standard InChI is InChI=1S/C10H18O2/c1-10(2,12)8-6-4-3-5-7-9-11/h3-6,11-12H,7-9H2,1-2H3/b5-3+,6-4+. The Balaban J connectivity index is 3.50. The van der Waals surface area contributed by atoms with E-state index in [-0.39, 0.29) is 6.61 Å². The van der Waals surface area contributed by atoms with Gasteiger partial charge in [-0.3, -0.25) is 0 Å². The molecule has 0 heterocycles. The van der Waals surface area contributed by atoms with E-state index in [1.165, 1.54) is 0 Å². The molecule has 0 radical (unpaired) electrons. The number of aliphatic hydroxyl groups excluding tert-OH is 1. The van der Waals surface area contributed by atoms with Crippen LogP contribution in [0.2, 0.25) is 0 Å². The van der Waals surface area contributed by atoms with E-state index in [1.54, 1.807) is 13.8 Å². The van der Waals surface area contributed by atoms with Gasteiger partial charge in [0.2, 0.25) is 0 Å². The van der Waals surface area contributed by atoms with Crippen LogP contribution in [0.4, 0.5) is 0 Å². The minimum atomic E-state index is -0.624. The summed E-state index contributed by atoms with van der Waals surface area (Å²) in [6.07, 6.45) is 8.90. The molecule has 70 valence electrons. The fourth-order valence-electron chi connectivity index (χ4n) is 0.684. The Kier molecular flexibility index (Phi) is 5.68. The van der Waals surface area contributed by atoms with E-state index in [0.29, 0.717) is 12.8 Å². The van der Waals surface area contributed by atoms with Crippen molar-refractivity contribution in [2.45, 2.75) is 32.3 Å². The van der Waals surface area contributed by atoms with E-state index in [1.807, 2.05) is 24.3 Å². The molecule has 0 amide bonds. The zero-order chi connectivity index (χ0) is 9.45. The van der Waals surface area contributed by atoms with Crippen LogP contribution in [0.1, 0.15) is 26.7 Å². The summed E-state index contributed by atoms with van der Waals surface area (Å²) < 4.78 is 0. The van der Waals surface area contributed by atoms with Crippen LogP contribution in [0.5, 0.6) is 0 Å². The maximum absolute atomic E-state index is 9.31. The van der Waals surface area contributed by atoms with Crippen molar-refractivity contribution >= 4 is 0 Å². The van der Waals surface area contributed by atoms with E-state index < -0.39 is 5.60 Å². The third kappa shape index (κ3) is 9.40. The van der Waals surface area contributed by atoms with Gasteiger partial charge in [-0.1, -0.05) is 24.3 Å². The molecule has 0 atom stereocenters. The Hall–Kier alpha value is -0.600. The van der Waals surface area contributed by atoms with Crippen molar-refractivity contribution in [1.29, 1.82) is 0 Å². The maximum Gasteiger partial charge on any atom is 0.0626 e. The van der Waals surface area contributed by atoms with Crippen molar-refractivity contribution in [3.63, 3.8) is 0 Å². The third-order valence-corrected chi connectivity index (χ3v) is 1.30. The van der Waals surface area contributed by atoms with Gasteiger partial charge in [0, 0.05) is 6.61 Å². The normalized spacial score (nSPS) is 13.3. The smallest absolute Gasteiger partial charge is 0.0626 e. The predicted molar refractivity (Wildman–Crippen MR) is 50.9 cm³/mol. The fraction of sp³-hybridized carbons (Fsp3) is 0.600. The first-order valence-corrected chi connectivity index (χ1v) is 4.21. The average Bonchev–Trinajstić information content (AvgIpc) is 1.94. The summed E-state index contributed by atoms with van der Waals surface area (Å²) in [6, 6.07) is 0. The zero-order valence-corrected chi connectivity index (χ0v) is 7.83. The van der Waals surface area contributed by atoms with Crippen molar-refractivity contribution < 1.29 is 10.2 Å². The summed E-state index contributed by atoms with van der Waals surface area (Å²) in [5, 5.41) is 17.7. The highest BCUT2D eigenvalue weighted by molar-refractivity contribution is 5.03. The zero-order valence-electron chi connectivity index (χ0n) is 7.83. The number of hydrogen-bond acceptors (Lipinski definition) is 2. The van der Waals surface area contributed by atoms with Crippen LogP contribution < -0.4 is 0 Å². The van der Waals surface area contributed by atoms with E-state index in [0.717, 1.165) is 0 Å². The van der Waals surface area contributed by atoms with Gasteiger partial charge in [0.25, 0.3) is 0 Å². The second-order valence-corrected chi connectivity index (χ2v) is 3.39. The Morgan fingerprint density at radius 1 is 1.17 bits per heavy atom. The van der Waals surface area contributed by atoms with E-state index in [2.05, 4.69) is 0 Å². The first kappa shape index (κ1) is 11.4. The topological polar surface area (TPSA) is 40.5 Å². The van der Waals surface area contributed by atoms with Crippen LogP contribution in [-0.2, 0) is 0 Å². The van der Waals surface area contributed by atoms with Crippen LogP contribution in [0, 0.1) is 0 Å². The Bertz CT molecular complexity index is 152. The van der Waals surface area contributed by atoms with Crippen molar-refractivity contribution in [1.82, 2.24) is 0 Å². The lowest BCUT2D eigenvalue weighted by Crippen LogP contribution is -2.16. The van der Waals surface area contributed by atoms with E-state index in [4.69, 9.17) is 5.11 Å². The molecule has 2 nitrogen and oxygen atoms in total. The molecular weight excluding hydrogens is 152 g/mol. The van der Waals surface area contributed by atoms with Crippen LogP contribution in [0.15, 0.2) is 24.3 Å². The van der Waals surface area contributed by atoms with Crippen LogP contribution in [0.3, 0.4) is 0 Å². The summed E-state index contributed by atoms with van der Waals surface area (Å²) in [5.41, 5.74) is -0.624. The number of rotatable bonds is 5. The van der Waals surface area contributed by atoms with Gasteiger partial charge in [0.1, 0.15) is 0 Å². The van der Waals surface area contributed by atoms with Gasteiger partial charge in [-0.25, -0.2) is 0 Å². The summed E-state index contributed by atoms with van der Waals surface area (Å²) >= 11 is 0. The van der Waals surface area contributed by atoms with Gasteiger partial charge in [-0.15, -0.1) is 0 Å². The summed E-state index contributed by atoms with van der Waals surface area (Å²) in [5.74, 6) is 0. The first-order chi connectivity index (χ1) is 5.56.